The van der Waals surface area contributed by atoms with Gasteiger partial charge in [0.15, 0.2) is 5.82 Å². The zero-order valence-corrected chi connectivity index (χ0v) is 16.8. The van der Waals surface area contributed by atoms with Crippen LogP contribution in [0.15, 0.2) is 53.6 Å². The van der Waals surface area contributed by atoms with Crippen LogP contribution in [0, 0.1) is 4.77 Å². The molecule has 0 aliphatic carbocycles. The standard InChI is InChI=1S/C20H20F3N5S/c1-3-27(4-2)16-11-9-14(10-12-16)18-25-26-19(29)28(18)24-13-15-7-5-6-8-17(15)20(21,22)23/h5-13H,3-4H2,1-2H3,(H,26,29). The molecule has 2 aromatic carbocycles. The third-order valence-corrected chi connectivity index (χ3v) is 4.75. The first-order chi connectivity index (χ1) is 13.8. The monoisotopic (exact) mass is 419 g/mol. The van der Waals surface area contributed by atoms with Crippen molar-refractivity contribution in [3.8, 4) is 11.4 Å². The topological polar surface area (TPSA) is 49.2 Å². The number of alkyl halides is 3. The Morgan fingerprint density at radius 3 is 2.38 bits per heavy atom. The Morgan fingerprint density at radius 2 is 1.76 bits per heavy atom. The van der Waals surface area contributed by atoms with Crippen molar-refractivity contribution < 1.29 is 13.2 Å². The minimum Gasteiger partial charge on any atom is -0.372 e. The Balaban J connectivity index is 1.96. The second-order valence-electron chi connectivity index (χ2n) is 6.21. The van der Waals surface area contributed by atoms with Crippen LogP contribution in [-0.4, -0.2) is 34.2 Å². The van der Waals surface area contributed by atoms with Crippen LogP contribution in [0.1, 0.15) is 25.0 Å². The van der Waals surface area contributed by atoms with Gasteiger partial charge in [-0.25, -0.2) is 5.10 Å². The number of anilines is 1. The number of hydrogen-bond donors (Lipinski definition) is 1. The van der Waals surface area contributed by atoms with Gasteiger partial charge in [-0.1, -0.05) is 18.2 Å². The number of nitrogens with one attached hydrogen (secondary N) is 1. The molecular weight excluding hydrogens is 399 g/mol. The van der Waals surface area contributed by atoms with Crippen molar-refractivity contribution in [2.45, 2.75) is 20.0 Å². The molecule has 1 aromatic heterocycles. The maximum atomic E-state index is 13.2. The second kappa shape index (κ2) is 8.60. The van der Waals surface area contributed by atoms with E-state index in [0.717, 1.165) is 36.6 Å². The van der Waals surface area contributed by atoms with Crippen LogP contribution in [0.2, 0.25) is 0 Å². The number of hydrogen-bond acceptors (Lipinski definition) is 4. The maximum Gasteiger partial charge on any atom is 0.417 e. The van der Waals surface area contributed by atoms with Gasteiger partial charge in [-0.3, -0.25) is 0 Å². The fraction of sp³-hybridized carbons (Fsp3) is 0.250. The summed E-state index contributed by atoms with van der Waals surface area (Å²) in [5.41, 5.74) is 1.01. The summed E-state index contributed by atoms with van der Waals surface area (Å²) >= 11 is 5.20. The van der Waals surface area contributed by atoms with Gasteiger partial charge in [0.25, 0.3) is 0 Å². The van der Waals surface area contributed by atoms with E-state index in [4.69, 9.17) is 12.2 Å². The molecule has 0 fully saturated rings. The number of nitrogens with zero attached hydrogens (tertiary/aromatic N) is 4. The first kappa shape index (κ1) is 20.8. The molecule has 29 heavy (non-hydrogen) atoms. The summed E-state index contributed by atoms with van der Waals surface area (Å²) < 4.78 is 41.1. The number of aromatic amines is 1. The summed E-state index contributed by atoms with van der Waals surface area (Å²) in [6, 6.07) is 12.9. The van der Waals surface area contributed by atoms with Crippen molar-refractivity contribution in [1.29, 1.82) is 0 Å². The van der Waals surface area contributed by atoms with Gasteiger partial charge in [-0.05, 0) is 56.4 Å². The van der Waals surface area contributed by atoms with Crippen molar-refractivity contribution in [3.05, 3.63) is 64.4 Å². The molecule has 1 N–H and O–H groups in total. The molecule has 1 heterocycles. The first-order valence-electron chi connectivity index (χ1n) is 9.08. The third kappa shape index (κ3) is 4.56. The van der Waals surface area contributed by atoms with Crippen LogP contribution >= 0.6 is 12.2 Å². The number of rotatable bonds is 6. The lowest BCUT2D eigenvalue weighted by Crippen LogP contribution is -2.21. The van der Waals surface area contributed by atoms with Crippen LogP contribution in [-0.2, 0) is 6.18 Å². The molecule has 0 saturated carbocycles. The fourth-order valence-corrected chi connectivity index (χ4v) is 3.16. The fourth-order valence-electron chi connectivity index (χ4n) is 2.98. The Hall–Kier alpha value is -2.94. The van der Waals surface area contributed by atoms with E-state index >= 15 is 0 Å². The molecule has 0 amide bonds. The summed E-state index contributed by atoms with van der Waals surface area (Å²) in [6.45, 7) is 5.93. The quantitative estimate of drug-likeness (QED) is 0.433. The lowest BCUT2D eigenvalue weighted by molar-refractivity contribution is -0.137. The highest BCUT2D eigenvalue weighted by atomic mass is 32.1. The van der Waals surface area contributed by atoms with Gasteiger partial charge in [0, 0.05) is 29.9 Å². The van der Waals surface area contributed by atoms with E-state index in [0.29, 0.717) is 5.82 Å². The summed E-state index contributed by atoms with van der Waals surface area (Å²) in [5.74, 6) is 0.418. The van der Waals surface area contributed by atoms with E-state index in [1.807, 2.05) is 24.3 Å². The van der Waals surface area contributed by atoms with E-state index in [1.165, 1.54) is 22.9 Å². The molecule has 0 radical (unpaired) electrons. The molecule has 0 aliphatic rings. The van der Waals surface area contributed by atoms with Crippen molar-refractivity contribution >= 4 is 24.1 Å². The number of aromatic nitrogens is 3. The summed E-state index contributed by atoms with van der Waals surface area (Å²) in [5, 5.41) is 11.0. The lowest BCUT2D eigenvalue weighted by atomic mass is 10.1. The van der Waals surface area contributed by atoms with Gasteiger partial charge >= 0.3 is 6.18 Å². The molecule has 3 rings (SSSR count). The normalized spacial score (nSPS) is 11.9. The molecule has 0 unspecified atom stereocenters. The highest BCUT2D eigenvalue weighted by Crippen LogP contribution is 2.31. The van der Waals surface area contributed by atoms with Crippen LogP contribution < -0.4 is 4.90 Å². The number of halogens is 3. The second-order valence-corrected chi connectivity index (χ2v) is 6.60. The van der Waals surface area contributed by atoms with Crippen molar-refractivity contribution in [2.24, 2.45) is 5.10 Å². The van der Waals surface area contributed by atoms with Gasteiger partial charge in [-0.15, -0.1) is 0 Å². The average molecular weight is 419 g/mol. The van der Waals surface area contributed by atoms with Crippen LogP contribution in [0.4, 0.5) is 18.9 Å². The predicted octanol–water partition coefficient (Wildman–Crippen LogP) is 5.35. The zero-order chi connectivity index (χ0) is 21.0. The minimum atomic E-state index is -4.47. The first-order valence-corrected chi connectivity index (χ1v) is 9.49. The van der Waals surface area contributed by atoms with Crippen LogP contribution in [0.3, 0.4) is 0 Å². The summed E-state index contributed by atoms with van der Waals surface area (Å²) in [4.78, 5) is 2.20. The van der Waals surface area contributed by atoms with Gasteiger partial charge in [0.2, 0.25) is 4.77 Å². The van der Waals surface area contributed by atoms with Crippen molar-refractivity contribution in [3.63, 3.8) is 0 Å². The Labute approximate surface area is 171 Å². The lowest BCUT2D eigenvalue weighted by Gasteiger charge is -2.21. The molecule has 0 saturated heterocycles. The van der Waals surface area contributed by atoms with Gasteiger partial charge in [-0.2, -0.15) is 28.0 Å². The Kier molecular flexibility index (Phi) is 6.17. The van der Waals surface area contributed by atoms with Gasteiger partial charge < -0.3 is 4.90 Å². The van der Waals surface area contributed by atoms with Crippen molar-refractivity contribution in [1.82, 2.24) is 14.9 Å². The molecule has 9 heteroatoms. The van der Waals surface area contributed by atoms with E-state index in [-0.39, 0.29) is 10.3 Å². The minimum absolute atomic E-state index is 0.0501. The molecule has 5 nitrogen and oxygen atoms in total. The van der Waals surface area contributed by atoms with Crippen LogP contribution in [0.25, 0.3) is 11.4 Å². The SMILES string of the molecule is CCN(CC)c1ccc(-c2n[nH]c(=S)n2N=Cc2ccccc2C(F)(F)F)cc1. The van der Waals surface area contributed by atoms with Crippen molar-refractivity contribution in [2.75, 3.05) is 18.0 Å². The molecule has 0 bridgehead atoms. The predicted molar refractivity (Wildman–Crippen MR) is 111 cm³/mol. The molecule has 0 atom stereocenters. The molecule has 3 aromatic rings. The Morgan fingerprint density at radius 1 is 1.10 bits per heavy atom. The average Bonchev–Trinajstić information content (AvgIpc) is 3.08. The molecular formula is C20H20F3N5S. The van der Waals surface area contributed by atoms with Crippen LogP contribution in [0.5, 0.6) is 0 Å². The summed E-state index contributed by atoms with van der Waals surface area (Å²) in [6.07, 6.45) is -3.33. The third-order valence-electron chi connectivity index (χ3n) is 4.48. The molecule has 0 spiro atoms. The Bertz CT molecular complexity index is 1050. The maximum absolute atomic E-state index is 13.2. The molecule has 0 aliphatic heterocycles. The number of H-pyrrole nitrogens is 1. The highest BCUT2D eigenvalue weighted by Gasteiger charge is 2.32. The highest BCUT2D eigenvalue weighted by molar-refractivity contribution is 7.71. The number of benzene rings is 2. The van der Waals surface area contributed by atoms with E-state index in [2.05, 4.69) is 34.0 Å². The van der Waals surface area contributed by atoms with E-state index in [9.17, 15) is 13.2 Å². The molecule has 152 valence electrons. The van der Waals surface area contributed by atoms with E-state index < -0.39 is 11.7 Å². The van der Waals surface area contributed by atoms with E-state index in [1.54, 1.807) is 0 Å². The van der Waals surface area contributed by atoms with Gasteiger partial charge in [0.1, 0.15) is 0 Å². The largest absolute Gasteiger partial charge is 0.417 e. The summed E-state index contributed by atoms with van der Waals surface area (Å²) in [7, 11) is 0. The zero-order valence-electron chi connectivity index (χ0n) is 15.9. The van der Waals surface area contributed by atoms with Gasteiger partial charge in [0.05, 0.1) is 11.8 Å². The smallest absolute Gasteiger partial charge is 0.372 e.